The summed E-state index contributed by atoms with van der Waals surface area (Å²) in [5.74, 6) is -0.227. The SMILES string of the molecule is CCNCc1ccc(N2CCC(C)(C(N)=O)C2)cc1Cl. The predicted molar refractivity (Wildman–Crippen MR) is 83.0 cm³/mol. The highest BCUT2D eigenvalue weighted by atomic mass is 35.5. The number of halogens is 1. The van der Waals surface area contributed by atoms with Gasteiger partial charge in [-0.15, -0.1) is 0 Å². The molecule has 2 rings (SSSR count). The number of hydrogen-bond acceptors (Lipinski definition) is 3. The number of carbonyl (C=O) groups is 1. The molecule has 1 aromatic carbocycles. The minimum absolute atomic E-state index is 0.227. The fourth-order valence-electron chi connectivity index (χ4n) is 2.52. The molecule has 5 heteroatoms. The fourth-order valence-corrected chi connectivity index (χ4v) is 2.76. The first-order valence-electron chi connectivity index (χ1n) is 7.00. The van der Waals surface area contributed by atoms with Crippen LogP contribution in [0.5, 0.6) is 0 Å². The summed E-state index contributed by atoms with van der Waals surface area (Å²) in [7, 11) is 0. The summed E-state index contributed by atoms with van der Waals surface area (Å²) in [6, 6.07) is 6.08. The van der Waals surface area contributed by atoms with E-state index in [0.29, 0.717) is 6.54 Å². The van der Waals surface area contributed by atoms with Crippen LogP contribution in [0.2, 0.25) is 5.02 Å². The van der Waals surface area contributed by atoms with Gasteiger partial charge >= 0.3 is 0 Å². The third-order valence-corrected chi connectivity index (χ3v) is 4.39. The van der Waals surface area contributed by atoms with Crippen LogP contribution in [0.15, 0.2) is 18.2 Å². The van der Waals surface area contributed by atoms with Gasteiger partial charge in [0.05, 0.1) is 5.41 Å². The number of carbonyl (C=O) groups excluding carboxylic acids is 1. The van der Waals surface area contributed by atoms with Crippen LogP contribution in [-0.4, -0.2) is 25.5 Å². The molecule has 20 heavy (non-hydrogen) atoms. The summed E-state index contributed by atoms with van der Waals surface area (Å²) >= 11 is 6.32. The lowest BCUT2D eigenvalue weighted by Crippen LogP contribution is -2.37. The molecular weight excluding hydrogens is 274 g/mol. The maximum atomic E-state index is 11.5. The number of nitrogens with zero attached hydrogens (tertiary/aromatic N) is 1. The van der Waals surface area contributed by atoms with E-state index in [1.807, 2.05) is 19.1 Å². The zero-order valence-electron chi connectivity index (χ0n) is 12.1. The summed E-state index contributed by atoms with van der Waals surface area (Å²) in [4.78, 5) is 13.7. The maximum Gasteiger partial charge on any atom is 0.225 e. The summed E-state index contributed by atoms with van der Waals surface area (Å²) in [6.07, 6.45) is 0.791. The van der Waals surface area contributed by atoms with Crippen molar-refractivity contribution in [3.8, 4) is 0 Å². The van der Waals surface area contributed by atoms with Gasteiger partial charge in [0.1, 0.15) is 0 Å². The molecule has 1 unspecified atom stereocenters. The van der Waals surface area contributed by atoms with Gasteiger partial charge in [-0.05, 0) is 37.6 Å². The van der Waals surface area contributed by atoms with Gasteiger partial charge in [-0.3, -0.25) is 4.79 Å². The molecule has 0 spiro atoms. The Hall–Kier alpha value is -1.26. The van der Waals surface area contributed by atoms with E-state index in [9.17, 15) is 4.79 Å². The molecule has 0 radical (unpaired) electrons. The Morgan fingerprint density at radius 1 is 1.55 bits per heavy atom. The first-order chi connectivity index (χ1) is 9.46. The van der Waals surface area contributed by atoms with Crippen LogP contribution in [-0.2, 0) is 11.3 Å². The van der Waals surface area contributed by atoms with Crippen molar-refractivity contribution in [3.05, 3.63) is 28.8 Å². The maximum absolute atomic E-state index is 11.5. The lowest BCUT2D eigenvalue weighted by atomic mass is 9.89. The van der Waals surface area contributed by atoms with E-state index in [4.69, 9.17) is 17.3 Å². The monoisotopic (exact) mass is 295 g/mol. The number of anilines is 1. The Morgan fingerprint density at radius 3 is 2.85 bits per heavy atom. The van der Waals surface area contributed by atoms with Gasteiger partial charge in [-0.25, -0.2) is 0 Å². The third-order valence-electron chi connectivity index (χ3n) is 4.04. The molecule has 0 aliphatic carbocycles. The minimum atomic E-state index is -0.436. The second-order valence-electron chi connectivity index (χ2n) is 5.65. The van der Waals surface area contributed by atoms with E-state index in [1.165, 1.54) is 0 Å². The fraction of sp³-hybridized carbons (Fsp3) is 0.533. The number of hydrogen-bond donors (Lipinski definition) is 2. The number of amides is 1. The lowest BCUT2D eigenvalue weighted by molar-refractivity contribution is -0.125. The first kappa shape index (κ1) is 15.1. The van der Waals surface area contributed by atoms with Gasteiger partial charge in [0.25, 0.3) is 0 Å². The molecule has 1 saturated heterocycles. The molecular formula is C15H22ClN3O. The molecule has 110 valence electrons. The Morgan fingerprint density at radius 2 is 2.30 bits per heavy atom. The van der Waals surface area contributed by atoms with Crippen LogP contribution in [0, 0.1) is 5.41 Å². The molecule has 1 atom stereocenters. The third kappa shape index (κ3) is 3.07. The molecule has 1 heterocycles. The number of nitrogens with one attached hydrogen (secondary N) is 1. The standard InChI is InChI=1S/C15H22ClN3O/c1-3-18-9-11-4-5-12(8-13(11)16)19-7-6-15(2,10-19)14(17)20/h4-5,8,18H,3,6-7,9-10H2,1-2H3,(H2,17,20). The van der Waals surface area contributed by atoms with Crippen LogP contribution in [0.3, 0.4) is 0 Å². The van der Waals surface area contributed by atoms with Crippen LogP contribution in [0.25, 0.3) is 0 Å². The van der Waals surface area contributed by atoms with Gasteiger partial charge < -0.3 is 16.0 Å². The summed E-state index contributed by atoms with van der Waals surface area (Å²) < 4.78 is 0. The average Bonchev–Trinajstić information content (AvgIpc) is 2.81. The average molecular weight is 296 g/mol. The van der Waals surface area contributed by atoms with Crippen molar-refractivity contribution in [1.29, 1.82) is 0 Å². The summed E-state index contributed by atoms with van der Waals surface area (Å²) in [5.41, 5.74) is 7.19. The lowest BCUT2D eigenvalue weighted by Gasteiger charge is -2.23. The van der Waals surface area contributed by atoms with Crippen molar-refractivity contribution >= 4 is 23.2 Å². The summed E-state index contributed by atoms with van der Waals surface area (Å²) in [6.45, 7) is 7.18. The van der Waals surface area contributed by atoms with Crippen LogP contribution >= 0.6 is 11.6 Å². The number of rotatable bonds is 5. The highest BCUT2D eigenvalue weighted by Crippen LogP contribution is 2.34. The quantitative estimate of drug-likeness (QED) is 0.875. The van der Waals surface area contributed by atoms with Gasteiger partial charge in [0.15, 0.2) is 0 Å². The van der Waals surface area contributed by atoms with Crippen molar-refractivity contribution in [3.63, 3.8) is 0 Å². The molecule has 1 amide bonds. The normalized spacial score (nSPS) is 22.2. The molecule has 1 aromatic rings. The van der Waals surface area contributed by atoms with E-state index in [0.717, 1.165) is 42.3 Å². The largest absolute Gasteiger partial charge is 0.370 e. The first-order valence-corrected chi connectivity index (χ1v) is 7.38. The van der Waals surface area contributed by atoms with Gasteiger partial charge in [-0.1, -0.05) is 24.6 Å². The molecule has 3 N–H and O–H groups in total. The summed E-state index contributed by atoms with van der Waals surface area (Å²) in [5, 5.41) is 4.02. The van der Waals surface area contributed by atoms with Gasteiger partial charge in [-0.2, -0.15) is 0 Å². The highest BCUT2D eigenvalue weighted by Gasteiger charge is 2.38. The van der Waals surface area contributed by atoms with Crippen molar-refractivity contribution in [2.45, 2.75) is 26.8 Å². The Labute approximate surface area is 125 Å². The van der Waals surface area contributed by atoms with E-state index >= 15 is 0 Å². The van der Waals surface area contributed by atoms with Gasteiger partial charge in [0, 0.05) is 30.3 Å². The molecule has 0 aromatic heterocycles. The van der Waals surface area contributed by atoms with Gasteiger partial charge in [0.2, 0.25) is 5.91 Å². The second-order valence-corrected chi connectivity index (χ2v) is 6.06. The van der Waals surface area contributed by atoms with Crippen LogP contribution < -0.4 is 16.0 Å². The molecule has 1 aliphatic rings. The number of benzene rings is 1. The van der Waals surface area contributed by atoms with Crippen LogP contribution in [0.4, 0.5) is 5.69 Å². The highest BCUT2D eigenvalue weighted by molar-refractivity contribution is 6.31. The molecule has 0 bridgehead atoms. The van der Waals surface area contributed by atoms with Crippen molar-refractivity contribution in [1.82, 2.24) is 5.32 Å². The van der Waals surface area contributed by atoms with E-state index < -0.39 is 5.41 Å². The van der Waals surface area contributed by atoms with Crippen molar-refractivity contribution < 1.29 is 4.79 Å². The number of primary amides is 1. The van der Waals surface area contributed by atoms with E-state index in [-0.39, 0.29) is 5.91 Å². The van der Waals surface area contributed by atoms with Crippen LogP contribution in [0.1, 0.15) is 25.8 Å². The molecule has 0 saturated carbocycles. The zero-order valence-corrected chi connectivity index (χ0v) is 12.8. The van der Waals surface area contributed by atoms with Crippen molar-refractivity contribution in [2.75, 3.05) is 24.5 Å². The molecule has 4 nitrogen and oxygen atoms in total. The Balaban J connectivity index is 2.11. The predicted octanol–water partition coefficient (Wildman–Crippen LogP) is 2.15. The topological polar surface area (TPSA) is 58.4 Å². The Bertz CT molecular complexity index is 506. The molecule has 1 aliphatic heterocycles. The Kier molecular flexibility index (Phi) is 4.55. The second kappa shape index (κ2) is 6.02. The molecule has 1 fully saturated rings. The smallest absolute Gasteiger partial charge is 0.225 e. The minimum Gasteiger partial charge on any atom is -0.370 e. The number of nitrogens with two attached hydrogens (primary N) is 1. The van der Waals surface area contributed by atoms with E-state index in [1.54, 1.807) is 0 Å². The van der Waals surface area contributed by atoms with E-state index in [2.05, 4.69) is 23.2 Å². The van der Waals surface area contributed by atoms with Crippen molar-refractivity contribution in [2.24, 2.45) is 11.1 Å². The zero-order chi connectivity index (χ0) is 14.8.